The number of hydrogen-bond acceptors (Lipinski definition) is 2. The summed E-state index contributed by atoms with van der Waals surface area (Å²) in [6, 6.07) is 19.6. The van der Waals surface area contributed by atoms with Gasteiger partial charge in [0, 0.05) is 21.2 Å². The molecule has 1 unspecified atom stereocenters. The fraction of sp³-hybridized carbons (Fsp3) is 0.250. The molecule has 0 aliphatic carbocycles. The summed E-state index contributed by atoms with van der Waals surface area (Å²) in [6.07, 6.45) is 1.07. The fourth-order valence-corrected chi connectivity index (χ4v) is 3.14. The second-order valence-corrected chi connectivity index (χ2v) is 6.45. The minimum absolute atomic E-state index is 0.496. The summed E-state index contributed by atoms with van der Waals surface area (Å²) in [5.74, 6) is 1.08. The van der Waals surface area contributed by atoms with Crippen LogP contribution in [-0.4, -0.2) is 18.8 Å². The van der Waals surface area contributed by atoms with Crippen molar-refractivity contribution in [2.45, 2.75) is 17.4 Å². The van der Waals surface area contributed by atoms with E-state index in [1.54, 1.807) is 0 Å². The molecule has 0 aliphatic rings. The Kier molecular flexibility index (Phi) is 5.95. The second-order valence-electron chi connectivity index (χ2n) is 4.44. The molecule has 0 radical (unpaired) electrons. The highest BCUT2D eigenvalue weighted by Gasteiger charge is 2.07. The molecule has 0 spiro atoms. The highest BCUT2D eigenvalue weighted by Crippen LogP contribution is 2.22. The van der Waals surface area contributed by atoms with Crippen molar-refractivity contribution >= 4 is 27.7 Å². The minimum atomic E-state index is 0.496. The minimum Gasteiger partial charge on any atom is -0.316 e. The quantitative estimate of drug-likeness (QED) is 0.786. The summed E-state index contributed by atoms with van der Waals surface area (Å²) >= 11 is 5.36. The van der Waals surface area contributed by atoms with Gasteiger partial charge in [0.05, 0.1) is 0 Å². The Morgan fingerprint density at radius 3 is 2.37 bits per heavy atom. The summed E-state index contributed by atoms with van der Waals surface area (Å²) < 4.78 is 1.13. The molecule has 0 amide bonds. The molecule has 0 aromatic heterocycles. The van der Waals surface area contributed by atoms with E-state index in [2.05, 4.69) is 75.8 Å². The van der Waals surface area contributed by atoms with E-state index in [-0.39, 0.29) is 0 Å². The lowest BCUT2D eigenvalue weighted by molar-refractivity contribution is 0.617. The Morgan fingerprint density at radius 2 is 1.74 bits per heavy atom. The molecule has 19 heavy (non-hydrogen) atoms. The van der Waals surface area contributed by atoms with Gasteiger partial charge in [-0.05, 0) is 43.3 Å². The fourth-order valence-electron chi connectivity index (χ4n) is 1.87. The molecule has 2 aromatic carbocycles. The molecule has 2 aromatic rings. The lowest BCUT2D eigenvalue weighted by atomic mass is 10.1. The lowest BCUT2D eigenvalue weighted by Crippen LogP contribution is -2.29. The van der Waals surface area contributed by atoms with E-state index < -0.39 is 0 Å². The van der Waals surface area contributed by atoms with E-state index in [4.69, 9.17) is 0 Å². The highest BCUT2D eigenvalue weighted by molar-refractivity contribution is 9.10. The third kappa shape index (κ3) is 5.01. The summed E-state index contributed by atoms with van der Waals surface area (Å²) in [6.45, 7) is 0. The monoisotopic (exact) mass is 335 g/mol. The number of halogens is 1. The van der Waals surface area contributed by atoms with Gasteiger partial charge in [0.25, 0.3) is 0 Å². The molecule has 0 saturated heterocycles. The van der Waals surface area contributed by atoms with Crippen molar-refractivity contribution in [3.05, 3.63) is 64.6 Å². The van der Waals surface area contributed by atoms with Crippen molar-refractivity contribution in [1.82, 2.24) is 5.32 Å². The Bertz CT molecular complexity index is 484. The van der Waals surface area contributed by atoms with Gasteiger partial charge in [-0.1, -0.05) is 46.3 Å². The molecule has 1 nitrogen and oxygen atoms in total. The number of benzene rings is 2. The molecule has 2 rings (SSSR count). The molecule has 0 saturated carbocycles. The SMILES string of the molecule is CNC(CSc1ccc(Br)cc1)Cc1ccccc1. The van der Waals surface area contributed by atoms with E-state index in [1.807, 2.05) is 18.8 Å². The number of rotatable bonds is 6. The van der Waals surface area contributed by atoms with Crippen molar-refractivity contribution in [3.63, 3.8) is 0 Å². The van der Waals surface area contributed by atoms with Crippen LogP contribution in [0.3, 0.4) is 0 Å². The van der Waals surface area contributed by atoms with Crippen LogP contribution in [0.5, 0.6) is 0 Å². The smallest absolute Gasteiger partial charge is 0.0199 e. The molecule has 100 valence electrons. The zero-order chi connectivity index (χ0) is 13.5. The standard InChI is InChI=1S/C16H18BrNS/c1-18-15(11-13-5-3-2-4-6-13)12-19-16-9-7-14(17)8-10-16/h2-10,15,18H,11-12H2,1H3. The topological polar surface area (TPSA) is 12.0 Å². The van der Waals surface area contributed by atoms with Gasteiger partial charge >= 0.3 is 0 Å². The maximum absolute atomic E-state index is 3.46. The molecule has 0 bridgehead atoms. The number of hydrogen-bond donors (Lipinski definition) is 1. The van der Waals surface area contributed by atoms with Crippen molar-refractivity contribution in [2.75, 3.05) is 12.8 Å². The van der Waals surface area contributed by atoms with Crippen molar-refractivity contribution < 1.29 is 0 Å². The molecule has 1 atom stereocenters. The molecule has 0 aliphatic heterocycles. The van der Waals surface area contributed by atoms with Gasteiger partial charge < -0.3 is 5.32 Å². The predicted octanol–water partition coefficient (Wildman–Crippen LogP) is 4.37. The number of nitrogens with one attached hydrogen (secondary N) is 1. The maximum atomic E-state index is 3.46. The van der Waals surface area contributed by atoms with Crippen LogP contribution in [0.4, 0.5) is 0 Å². The van der Waals surface area contributed by atoms with Crippen molar-refractivity contribution in [3.8, 4) is 0 Å². The largest absolute Gasteiger partial charge is 0.316 e. The summed E-state index contributed by atoms with van der Waals surface area (Å²) in [5, 5.41) is 3.40. The third-order valence-electron chi connectivity index (χ3n) is 3.00. The van der Waals surface area contributed by atoms with Gasteiger partial charge in [0.15, 0.2) is 0 Å². The van der Waals surface area contributed by atoms with Gasteiger partial charge in [-0.25, -0.2) is 0 Å². The van der Waals surface area contributed by atoms with Crippen LogP contribution in [0.1, 0.15) is 5.56 Å². The maximum Gasteiger partial charge on any atom is 0.0199 e. The van der Waals surface area contributed by atoms with Crippen LogP contribution in [-0.2, 0) is 6.42 Å². The molecular weight excluding hydrogens is 318 g/mol. The lowest BCUT2D eigenvalue weighted by Gasteiger charge is -2.16. The Balaban J connectivity index is 1.87. The molecule has 3 heteroatoms. The second kappa shape index (κ2) is 7.73. The zero-order valence-corrected chi connectivity index (χ0v) is 13.4. The van der Waals surface area contributed by atoms with E-state index in [9.17, 15) is 0 Å². The van der Waals surface area contributed by atoms with Gasteiger partial charge in [-0.3, -0.25) is 0 Å². The summed E-state index contributed by atoms with van der Waals surface area (Å²) in [5.41, 5.74) is 1.39. The molecule has 1 N–H and O–H groups in total. The molecule has 0 heterocycles. The predicted molar refractivity (Wildman–Crippen MR) is 87.9 cm³/mol. The van der Waals surface area contributed by atoms with Gasteiger partial charge in [-0.15, -0.1) is 11.8 Å². The van der Waals surface area contributed by atoms with Gasteiger partial charge in [0.2, 0.25) is 0 Å². The van der Waals surface area contributed by atoms with Crippen molar-refractivity contribution in [2.24, 2.45) is 0 Å². The summed E-state index contributed by atoms with van der Waals surface area (Å²) in [7, 11) is 2.04. The Labute approximate surface area is 127 Å². The number of likely N-dealkylation sites (N-methyl/N-ethyl adjacent to an activating group) is 1. The third-order valence-corrected chi connectivity index (χ3v) is 4.70. The normalized spacial score (nSPS) is 12.3. The molecule has 0 fully saturated rings. The first-order valence-electron chi connectivity index (χ1n) is 6.37. The van der Waals surface area contributed by atoms with Crippen molar-refractivity contribution in [1.29, 1.82) is 0 Å². The van der Waals surface area contributed by atoms with E-state index in [0.29, 0.717) is 6.04 Å². The van der Waals surface area contributed by atoms with Gasteiger partial charge in [-0.2, -0.15) is 0 Å². The van der Waals surface area contributed by atoms with Crippen LogP contribution < -0.4 is 5.32 Å². The summed E-state index contributed by atoms with van der Waals surface area (Å²) in [4.78, 5) is 1.32. The van der Waals surface area contributed by atoms with E-state index in [0.717, 1.165) is 16.6 Å². The Hall–Kier alpha value is -0.770. The van der Waals surface area contributed by atoms with Crippen LogP contribution in [0.2, 0.25) is 0 Å². The van der Waals surface area contributed by atoms with Crippen LogP contribution in [0, 0.1) is 0 Å². The average molecular weight is 336 g/mol. The first kappa shape index (κ1) is 14.6. The van der Waals surface area contributed by atoms with Crippen LogP contribution in [0.15, 0.2) is 64.0 Å². The highest BCUT2D eigenvalue weighted by atomic mass is 79.9. The average Bonchev–Trinajstić information content (AvgIpc) is 2.46. The zero-order valence-electron chi connectivity index (χ0n) is 11.0. The first-order chi connectivity index (χ1) is 9.28. The van der Waals surface area contributed by atoms with Crippen LogP contribution in [0.25, 0.3) is 0 Å². The van der Waals surface area contributed by atoms with E-state index in [1.165, 1.54) is 10.5 Å². The van der Waals surface area contributed by atoms with Gasteiger partial charge in [0.1, 0.15) is 0 Å². The van der Waals surface area contributed by atoms with E-state index >= 15 is 0 Å². The first-order valence-corrected chi connectivity index (χ1v) is 8.15. The van der Waals surface area contributed by atoms with Crippen LogP contribution >= 0.6 is 27.7 Å². The Morgan fingerprint density at radius 1 is 1.05 bits per heavy atom. The number of thioether (sulfide) groups is 1. The molecular formula is C16H18BrNS.